The summed E-state index contributed by atoms with van der Waals surface area (Å²) in [5, 5.41) is 9.93. The number of likely N-dealkylation sites (N-methyl/N-ethyl adjacent to an activating group) is 1. The molecule has 43 heavy (non-hydrogen) atoms. The molecule has 11 heteroatoms. The molecule has 2 aliphatic rings. The Bertz CT molecular complexity index is 1560. The van der Waals surface area contributed by atoms with Crippen LogP contribution in [0.3, 0.4) is 0 Å². The fourth-order valence-electron chi connectivity index (χ4n) is 5.37. The Labute approximate surface area is 253 Å². The van der Waals surface area contributed by atoms with Gasteiger partial charge >= 0.3 is 0 Å². The van der Waals surface area contributed by atoms with Gasteiger partial charge < -0.3 is 24.2 Å². The van der Waals surface area contributed by atoms with Crippen molar-refractivity contribution in [1.82, 2.24) is 9.80 Å². The summed E-state index contributed by atoms with van der Waals surface area (Å²) >= 11 is 0. The molecule has 1 amide bonds. The van der Waals surface area contributed by atoms with Crippen molar-refractivity contribution in [3.8, 4) is 17.2 Å². The molecule has 3 aromatic carbocycles. The van der Waals surface area contributed by atoms with Gasteiger partial charge in [-0.05, 0) is 68.9 Å². The molecule has 10 nitrogen and oxygen atoms in total. The van der Waals surface area contributed by atoms with Crippen LogP contribution >= 0.6 is 0 Å². The molecule has 0 saturated heterocycles. The highest BCUT2D eigenvalue weighted by atomic mass is 32.2. The average Bonchev–Trinajstić information content (AvgIpc) is 3.45. The highest BCUT2D eigenvalue weighted by molar-refractivity contribution is 7.92. The summed E-state index contributed by atoms with van der Waals surface area (Å²) in [6, 6.07) is 17.1. The second-order valence-electron chi connectivity index (χ2n) is 11.5. The van der Waals surface area contributed by atoms with Gasteiger partial charge in [0, 0.05) is 36.8 Å². The van der Waals surface area contributed by atoms with Crippen molar-refractivity contribution < 1.29 is 32.5 Å². The maximum Gasteiger partial charge on any atom is 0.261 e. The van der Waals surface area contributed by atoms with Crippen molar-refractivity contribution in [2.75, 3.05) is 38.3 Å². The molecule has 0 radical (unpaired) electrons. The van der Waals surface area contributed by atoms with Crippen LogP contribution < -0.4 is 18.9 Å². The van der Waals surface area contributed by atoms with Gasteiger partial charge in [0.15, 0.2) is 11.5 Å². The third-order valence-corrected chi connectivity index (χ3v) is 9.28. The fraction of sp³-hybridized carbons (Fsp3) is 0.406. The van der Waals surface area contributed by atoms with Crippen LogP contribution in [0.4, 0.5) is 5.69 Å². The number of carbonyl (C=O) groups excluding carboxylic acids is 1. The molecule has 0 fully saturated rings. The Morgan fingerprint density at radius 1 is 1.05 bits per heavy atom. The lowest BCUT2D eigenvalue weighted by atomic mass is 10.0. The summed E-state index contributed by atoms with van der Waals surface area (Å²) in [6.45, 7) is 7.41. The number of rotatable bonds is 9. The number of nitrogens with zero attached hydrogens (tertiary/aromatic N) is 2. The third-order valence-electron chi connectivity index (χ3n) is 7.88. The number of aliphatic hydroxyl groups is 1. The van der Waals surface area contributed by atoms with Crippen LogP contribution in [0.5, 0.6) is 17.2 Å². The van der Waals surface area contributed by atoms with E-state index < -0.39 is 10.0 Å². The Kier molecular flexibility index (Phi) is 9.14. The van der Waals surface area contributed by atoms with Crippen LogP contribution in [-0.2, 0) is 27.8 Å². The number of hydrogen-bond donors (Lipinski definition) is 2. The highest BCUT2D eigenvalue weighted by Gasteiger charge is 2.31. The molecule has 0 saturated carbocycles. The molecule has 0 bridgehead atoms. The zero-order valence-corrected chi connectivity index (χ0v) is 25.8. The molecule has 5 rings (SSSR count). The van der Waals surface area contributed by atoms with Gasteiger partial charge in [-0.3, -0.25) is 14.4 Å². The second kappa shape index (κ2) is 12.8. The van der Waals surface area contributed by atoms with E-state index in [9.17, 15) is 18.3 Å². The van der Waals surface area contributed by atoms with E-state index in [-0.39, 0.29) is 48.7 Å². The number of nitrogens with one attached hydrogen (secondary N) is 1. The number of aliphatic hydroxyl groups excluding tert-OH is 1. The van der Waals surface area contributed by atoms with Crippen LogP contribution in [0.15, 0.2) is 65.6 Å². The summed E-state index contributed by atoms with van der Waals surface area (Å²) in [7, 11) is -1.82. The van der Waals surface area contributed by atoms with Crippen molar-refractivity contribution in [3.05, 3.63) is 77.4 Å². The number of fused-ring (bicyclic) bond motifs is 2. The van der Waals surface area contributed by atoms with Crippen LogP contribution in [0.25, 0.3) is 0 Å². The number of carbonyl (C=O) groups is 1. The Morgan fingerprint density at radius 3 is 2.51 bits per heavy atom. The number of aryl methyl sites for hydroxylation is 1. The number of benzene rings is 3. The van der Waals surface area contributed by atoms with E-state index in [1.807, 2.05) is 46.0 Å². The first-order valence-corrected chi connectivity index (χ1v) is 15.9. The minimum atomic E-state index is -3.83. The molecule has 230 valence electrons. The van der Waals surface area contributed by atoms with E-state index in [2.05, 4.69) is 9.62 Å². The van der Waals surface area contributed by atoms with E-state index >= 15 is 0 Å². The van der Waals surface area contributed by atoms with Crippen molar-refractivity contribution in [2.24, 2.45) is 5.92 Å². The van der Waals surface area contributed by atoms with Crippen molar-refractivity contribution in [1.29, 1.82) is 0 Å². The molecular weight excluding hydrogens is 570 g/mol. The molecule has 2 N–H and O–H groups in total. The highest BCUT2D eigenvalue weighted by Crippen LogP contribution is 2.33. The minimum Gasteiger partial charge on any atom is -0.488 e. The fourth-order valence-corrected chi connectivity index (χ4v) is 6.41. The van der Waals surface area contributed by atoms with Gasteiger partial charge in [-0.15, -0.1) is 0 Å². The lowest BCUT2D eigenvalue weighted by Crippen LogP contribution is -2.47. The lowest BCUT2D eigenvalue weighted by molar-refractivity contribution is -0.134. The van der Waals surface area contributed by atoms with E-state index in [1.165, 1.54) is 0 Å². The van der Waals surface area contributed by atoms with E-state index in [1.54, 1.807) is 47.4 Å². The van der Waals surface area contributed by atoms with Crippen molar-refractivity contribution >= 4 is 21.6 Å². The Balaban J connectivity index is 1.40. The summed E-state index contributed by atoms with van der Waals surface area (Å²) in [6.07, 6.45) is -0.293. The maximum absolute atomic E-state index is 13.5. The summed E-state index contributed by atoms with van der Waals surface area (Å²) in [5.41, 5.74) is 2.93. The number of hydrogen-bond acceptors (Lipinski definition) is 8. The summed E-state index contributed by atoms with van der Waals surface area (Å²) in [5.74, 6) is 1.76. The smallest absolute Gasteiger partial charge is 0.261 e. The van der Waals surface area contributed by atoms with Gasteiger partial charge in [0.25, 0.3) is 10.0 Å². The molecule has 3 aromatic rings. The topological polar surface area (TPSA) is 118 Å². The van der Waals surface area contributed by atoms with Crippen molar-refractivity contribution in [3.63, 3.8) is 0 Å². The van der Waals surface area contributed by atoms with E-state index in [4.69, 9.17) is 14.2 Å². The first-order valence-electron chi connectivity index (χ1n) is 14.4. The molecule has 2 aliphatic heterocycles. The van der Waals surface area contributed by atoms with Crippen LogP contribution in [0.1, 0.15) is 30.5 Å². The van der Waals surface area contributed by atoms with Gasteiger partial charge in [-0.1, -0.05) is 30.7 Å². The number of sulfonamides is 1. The van der Waals surface area contributed by atoms with Gasteiger partial charge in [-0.2, -0.15) is 0 Å². The van der Waals surface area contributed by atoms with Crippen LogP contribution in [0, 0.1) is 12.8 Å². The Morgan fingerprint density at radius 2 is 1.77 bits per heavy atom. The number of ether oxygens (including phenoxy) is 3. The van der Waals surface area contributed by atoms with Gasteiger partial charge in [0.1, 0.15) is 11.9 Å². The van der Waals surface area contributed by atoms with E-state index in [0.717, 1.165) is 22.6 Å². The normalized spacial score (nSPS) is 19.2. The van der Waals surface area contributed by atoms with Crippen LogP contribution in [0.2, 0.25) is 0 Å². The van der Waals surface area contributed by atoms with Gasteiger partial charge in [0.05, 0.1) is 24.0 Å². The molecule has 0 unspecified atom stereocenters. The monoisotopic (exact) mass is 609 g/mol. The summed E-state index contributed by atoms with van der Waals surface area (Å²) < 4.78 is 46.3. The predicted molar refractivity (Wildman–Crippen MR) is 163 cm³/mol. The predicted octanol–water partition coefficient (Wildman–Crippen LogP) is 3.81. The zero-order chi connectivity index (χ0) is 30.7. The first kappa shape index (κ1) is 30.7. The third kappa shape index (κ3) is 7.23. The summed E-state index contributed by atoms with van der Waals surface area (Å²) in [4.78, 5) is 17.5. The van der Waals surface area contributed by atoms with Crippen molar-refractivity contribution in [2.45, 2.75) is 50.8 Å². The van der Waals surface area contributed by atoms with E-state index in [0.29, 0.717) is 36.6 Å². The lowest BCUT2D eigenvalue weighted by Gasteiger charge is -2.34. The SMILES string of the molecule is Cc1ccc(S(=O)(=O)Nc2ccc3c(c2)CC(=O)N([C@@H](C)CO)C[C@H](C)[C@H](CN(C)Cc2ccc4c(c2)OCO4)O3)cc1. The average molecular weight is 610 g/mol. The molecule has 0 aromatic heterocycles. The van der Waals surface area contributed by atoms with Gasteiger partial charge in [-0.25, -0.2) is 8.42 Å². The molecule has 2 heterocycles. The van der Waals surface area contributed by atoms with Gasteiger partial charge in [0.2, 0.25) is 12.7 Å². The number of amides is 1. The molecule has 3 atom stereocenters. The molecule has 0 spiro atoms. The zero-order valence-electron chi connectivity index (χ0n) is 24.9. The van der Waals surface area contributed by atoms with Crippen LogP contribution in [-0.4, -0.2) is 74.9 Å². The number of anilines is 1. The second-order valence-corrected chi connectivity index (χ2v) is 13.2. The molecular formula is C32H39N3O7S. The minimum absolute atomic E-state index is 0.00620. The Hall–Kier alpha value is -3.80. The first-order chi connectivity index (χ1) is 20.5. The largest absolute Gasteiger partial charge is 0.488 e. The molecule has 0 aliphatic carbocycles. The quantitative estimate of drug-likeness (QED) is 0.376. The maximum atomic E-state index is 13.5. The standard InChI is InChI=1S/C32H39N3O7S/c1-21-5-9-27(10-6-21)43(38,39)33-26-8-12-28-25(14-26)15-32(37)35(23(3)19-36)16-22(2)31(42-28)18-34(4)17-24-7-11-29-30(13-24)41-20-40-29/h5-14,22-23,31,33,36H,15-20H2,1-4H3/t22-,23-,31-/m0/s1.